The van der Waals surface area contributed by atoms with E-state index in [2.05, 4.69) is 40.7 Å². The number of halogens is 1. The quantitative estimate of drug-likeness (QED) is 0.644. The van der Waals surface area contributed by atoms with Crippen molar-refractivity contribution >= 4 is 33.4 Å². The molecule has 0 saturated carbocycles. The molecular weight excluding hydrogens is 284 g/mol. The number of hydrogen-bond donors (Lipinski definition) is 1. The molecule has 0 saturated heterocycles. The van der Waals surface area contributed by atoms with Crippen molar-refractivity contribution in [3.05, 3.63) is 22.7 Å². The summed E-state index contributed by atoms with van der Waals surface area (Å²) in [6, 6.07) is 6.07. The van der Waals surface area contributed by atoms with Crippen molar-refractivity contribution in [2.24, 2.45) is 0 Å². The van der Waals surface area contributed by atoms with Crippen LogP contribution in [-0.4, -0.2) is 30.3 Å². The average molecular weight is 303 g/mol. The maximum atomic E-state index is 5.94. The highest BCUT2D eigenvalue weighted by atomic mass is 79.9. The maximum Gasteiger partial charge on any atom is 0.0463 e. The van der Waals surface area contributed by atoms with Crippen LogP contribution in [0.3, 0.4) is 0 Å². The van der Waals surface area contributed by atoms with Gasteiger partial charge < -0.3 is 10.6 Å². The van der Waals surface area contributed by atoms with Crippen molar-refractivity contribution in [2.75, 3.05) is 31.1 Å². The van der Waals surface area contributed by atoms with E-state index in [0.717, 1.165) is 35.5 Å². The fourth-order valence-corrected chi connectivity index (χ4v) is 2.81. The predicted molar refractivity (Wildman–Crippen MR) is 77.1 cm³/mol. The van der Waals surface area contributed by atoms with Crippen LogP contribution >= 0.6 is 27.7 Å². The fraction of sp³-hybridized carbons (Fsp3) is 0.500. The van der Waals surface area contributed by atoms with Crippen molar-refractivity contribution < 1.29 is 0 Å². The van der Waals surface area contributed by atoms with Crippen LogP contribution in [0.2, 0.25) is 0 Å². The third-order valence-electron chi connectivity index (χ3n) is 2.53. The van der Waals surface area contributed by atoms with E-state index in [0.29, 0.717) is 0 Å². The molecule has 0 bridgehead atoms. The Morgan fingerprint density at radius 2 is 2.00 bits per heavy atom. The first-order chi connectivity index (χ1) is 7.67. The fourth-order valence-electron chi connectivity index (χ4n) is 1.48. The minimum Gasteiger partial charge on any atom is -0.398 e. The van der Waals surface area contributed by atoms with Crippen molar-refractivity contribution in [1.29, 1.82) is 0 Å². The summed E-state index contributed by atoms with van der Waals surface area (Å²) in [6.07, 6.45) is 0. The standard InChI is InChI=1S/C12H19BrN2S/c1-3-15(4-2)7-8-16-12-6-5-10(13)9-11(12)14/h5-6,9H,3-4,7-8,14H2,1-2H3. The third kappa shape index (κ3) is 4.36. The molecule has 0 atom stereocenters. The predicted octanol–water partition coefficient (Wildman–Crippen LogP) is 3.47. The molecule has 4 heteroatoms. The molecule has 16 heavy (non-hydrogen) atoms. The van der Waals surface area contributed by atoms with Gasteiger partial charge in [-0.05, 0) is 31.3 Å². The number of anilines is 1. The number of nitrogens with two attached hydrogens (primary N) is 1. The normalized spacial score (nSPS) is 11.0. The Labute approximate surface area is 111 Å². The second-order valence-electron chi connectivity index (χ2n) is 3.56. The van der Waals surface area contributed by atoms with Gasteiger partial charge in [0.05, 0.1) is 0 Å². The minimum absolute atomic E-state index is 0.860. The zero-order chi connectivity index (χ0) is 12.0. The molecule has 0 amide bonds. The molecule has 2 nitrogen and oxygen atoms in total. The maximum absolute atomic E-state index is 5.94. The van der Waals surface area contributed by atoms with Crippen molar-refractivity contribution in [3.63, 3.8) is 0 Å². The van der Waals surface area contributed by atoms with E-state index >= 15 is 0 Å². The molecule has 1 aromatic rings. The molecule has 0 aliphatic rings. The molecule has 0 heterocycles. The Bertz CT molecular complexity index is 327. The molecular formula is C12H19BrN2S. The van der Waals surface area contributed by atoms with Gasteiger partial charge in [0, 0.05) is 27.4 Å². The lowest BCUT2D eigenvalue weighted by atomic mass is 10.3. The second-order valence-corrected chi connectivity index (χ2v) is 5.61. The van der Waals surface area contributed by atoms with Crippen LogP contribution in [0.5, 0.6) is 0 Å². The van der Waals surface area contributed by atoms with Gasteiger partial charge in [-0.25, -0.2) is 0 Å². The molecule has 0 aliphatic heterocycles. The summed E-state index contributed by atoms with van der Waals surface area (Å²) in [5.41, 5.74) is 6.80. The number of thioether (sulfide) groups is 1. The van der Waals surface area contributed by atoms with E-state index in [4.69, 9.17) is 5.73 Å². The number of benzene rings is 1. The van der Waals surface area contributed by atoms with Crippen LogP contribution in [0.25, 0.3) is 0 Å². The van der Waals surface area contributed by atoms with Crippen molar-refractivity contribution in [2.45, 2.75) is 18.7 Å². The van der Waals surface area contributed by atoms with Crippen LogP contribution < -0.4 is 5.73 Å². The van der Waals surface area contributed by atoms with Crippen LogP contribution in [0, 0.1) is 0 Å². The molecule has 1 aromatic carbocycles. The lowest BCUT2D eigenvalue weighted by molar-refractivity contribution is 0.324. The third-order valence-corrected chi connectivity index (χ3v) is 4.09. The van der Waals surface area contributed by atoms with Crippen molar-refractivity contribution in [1.82, 2.24) is 4.90 Å². The molecule has 90 valence electrons. The summed E-state index contributed by atoms with van der Waals surface area (Å²) < 4.78 is 1.04. The first-order valence-electron chi connectivity index (χ1n) is 5.57. The van der Waals surface area contributed by atoms with E-state index in [1.54, 1.807) is 0 Å². The number of nitrogens with zero attached hydrogens (tertiary/aromatic N) is 1. The minimum atomic E-state index is 0.860. The van der Waals surface area contributed by atoms with Gasteiger partial charge in [0.2, 0.25) is 0 Å². The molecule has 0 unspecified atom stereocenters. The summed E-state index contributed by atoms with van der Waals surface area (Å²) in [6.45, 7) is 7.75. The highest BCUT2D eigenvalue weighted by Crippen LogP contribution is 2.27. The van der Waals surface area contributed by atoms with Gasteiger partial charge in [0.15, 0.2) is 0 Å². The first kappa shape index (κ1) is 13.9. The molecule has 0 radical (unpaired) electrons. The van der Waals surface area contributed by atoms with E-state index < -0.39 is 0 Å². The van der Waals surface area contributed by atoms with E-state index in [-0.39, 0.29) is 0 Å². The summed E-state index contributed by atoms with van der Waals surface area (Å²) in [5.74, 6) is 1.09. The SMILES string of the molecule is CCN(CC)CCSc1ccc(Br)cc1N. The van der Waals surface area contributed by atoms with Gasteiger partial charge in [-0.2, -0.15) is 0 Å². The highest BCUT2D eigenvalue weighted by Gasteiger charge is 2.02. The Balaban J connectivity index is 2.42. The van der Waals surface area contributed by atoms with Gasteiger partial charge in [0.1, 0.15) is 0 Å². The van der Waals surface area contributed by atoms with Crippen LogP contribution in [-0.2, 0) is 0 Å². The molecule has 2 N–H and O–H groups in total. The average Bonchev–Trinajstić information content (AvgIpc) is 2.27. The Morgan fingerprint density at radius 3 is 2.56 bits per heavy atom. The van der Waals surface area contributed by atoms with Gasteiger partial charge in [-0.3, -0.25) is 0 Å². The van der Waals surface area contributed by atoms with Crippen LogP contribution in [0.4, 0.5) is 5.69 Å². The summed E-state index contributed by atoms with van der Waals surface area (Å²) >= 11 is 5.24. The van der Waals surface area contributed by atoms with Gasteiger partial charge in [-0.15, -0.1) is 11.8 Å². The molecule has 0 aromatic heterocycles. The number of hydrogen-bond acceptors (Lipinski definition) is 3. The Hall–Kier alpha value is -0.190. The molecule has 0 fully saturated rings. The smallest absolute Gasteiger partial charge is 0.0463 e. The van der Waals surface area contributed by atoms with E-state index in [1.165, 1.54) is 4.90 Å². The molecule has 0 aliphatic carbocycles. The zero-order valence-corrected chi connectivity index (χ0v) is 12.3. The largest absolute Gasteiger partial charge is 0.398 e. The first-order valence-corrected chi connectivity index (χ1v) is 7.35. The Kier molecular flexibility index (Phi) is 6.24. The Morgan fingerprint density at radius 1 is 1.31 bits per heavy atom. The van der Waals surface area contributed by atoms with E-state index in [1.807, 2.05) is 23.9 Å². The van der Waals surface area contributed by atoms with Crippen LogP contribution in [0.15, 0.2) is 27.6 Å². The molecule has 1 rings (SSSR count). The summed E-state index contributed by atoms with van der Waals surface area (Å²) in [7, 11) is 0. The number of rotatable bonds is 6. The monoisotopic (exact) mass is 302 g/mol. The van der Waals surface area contributed by atoms with Crippen LogP contribution in [0.1, 0.15) is 13.8 Å². The topological polar surface area (TPSA) is 29.3 Å². The second kappa shape index (κ2) is 7.20. The highest BCUT2D eigenvalue weighted by molar-refractivity contribution is 9.10. The van der Waals surface area contributed by atoms with E-state index in [9.17, 15) is 0 Å². The lowest BCUT2D eigenvalue weighted by Crippen LogP contribution is -2.25. The zero-order valence-electron chi connectivity index (χ0n) is 9.87. The van der Waals surface area contributed by atoms with Gasteiger partial charge in [-0.1, -0.05) is 29.8 Å². The van der Waals surface area contributed by atoms with Crippen molar-refractivity contribution in [3.8, 4) is 0 Å². The lowest BCUT2D eigenvalue weighted by Gasteiger charge is -2.17. The summed E-state index contributed by atoms with van der Waals surface area (Å²) in [4.78, 5) is 3.59. The van der Waals surface area contributed by atoms with Gasteiger partial charge in [0.25, 0.3) is 0 Å². The number of nitrogen functional groups attached to an aromatic ring is 1. The molecule has 0 spiro atoms. The van der Waals surface area contributed by atoms with Gasteiger partial charge >= 0.3 is 0 Å². The summed E-state index contributed by atoms with van der Waals surface area (Å²) in [5, 5.41) is 0.